The number of hydrogen-bond acceptors (Lipinski definition) is 7. The van der Waals surface area contributed by atoms with Gasteiger partial charge in [-0.15, -0.1) is 11.3 Å². The van der Waals surface area contributed by atoms with Crippen LogP contribution in [0.25, 0.3) is 15.8 Å². The standard InChI is InChI=1S/C20H24N6S/c1-13(22)16(11-21)19-25-17-8-9-27-18(17)20(26-19)24-12-15(23-2)10-14-6-4-3-5-7-14/h3-9,11,15,21,23H,10,12,22H2,1-2H3,(H,24,25,26)/b16-13+,21-11?. The van der Waals surface area contributed by atoms with Crippen molar-refractivity contribution in [1.29, 1.82) is 5.41 Å². The predicted octanol–water partition coefficient (Wildman–Crippen LogP) is 3.27. The molecule has 140 valence electrons. The molecule has 6 nitrogen and oxygen atoms in total. The van der Waals surface area contributed by atoms with Gasteiger partial charge in [0.05, 0.1) is 15.8 Å². The Morgan fingerprint density at radius 1 is 1.26 bits per heavy atom. The van der Waals surface area contributed by atoms with Gasteiger partial charge in [0.25, 0.3) is 0 Å². The summed E-state index contributed by atoms with van der Waals surface area (Å²) < 4.78 is 1.01. The molecule has 0 saturated heterocycles. The van der Waals surface area contributed by atoms with Crippen LogP contribution in [-0.4, -0.2) is 35.8 Å². The van der Waals surface area contributed by atoms with Crippen molar-refractivity contribution in [1.82, 2.24) is 15.3 Å². The third-order valence-electron chi connectivity index (χ3n) is 4.36. The monoisotopic (exact) mass is 380 g/mol. The Balaban J connectivity index is 1.84. The molecule has 0 aliphatic rings. The number of anilines is 1. The molecule has 7 heteroatoms. The van der Waals surface area contributed by atoms with Gasteiger partial charge in [-0.2, -0.15) is 0 Å². The lowest BCUT2D eigenvalue weighted by atomic mass is 10.1. The molecule has 1 aromatic carbocycles. The number of aromatic nitrogens is 2. The van der Waals surface area contributed by atoms with Crippen molar-refractivity contribution in [2.75, 3.05) is 18.9 Å². The molecule has 0 fully saturated rings. The molecule has 0 radical (unpaired) electrons. The number of allylic oxidation sites excluding steroid dienone is 2. The van der Waals surface area contributed by atoms with E-state index in [2.05, 4.69) is 44.9 Å². The number of likely N-dealkylation sites (N-methyl/N-ethyl adjacent to an activating group) is 1. The maximum atomic E-state index is 7.62. The summed E-state index contributed by atoms with van der Waals surface area (Å²) in [7, 11) is 1.97. The van der Waals surface area contributed by atoms with Gasteiger partial charge < -0.3 is 21.8 Å². The second-order valence-electron chi connectivity index (χ2n) is 6.33. The number of hydrogen-bond donors (Lipinski definition) is 4. The van der Waals surface area contributed by atoms with Gasteiger partial charge in [-0.3, -0.25) is 0 Å². The Morgan fingerprint density at radius 3 is 2.70 bits per heavy atom. The van der Waals surface area contributed by atoms with Crippen LogP contribution in [-0.2, 0) is 6.42 Å². The first kappa shape index (κ1) is 19.0. The van der Waals surface area contributed by atoms with Crippen LogP contribution in [0.5, 0.6) is 0 Å². The van der Waals surface area contributed by atoms with E-state index in [1.807, 2.05) is 24.6 Å². The van der Waals surface area contributed by atoms with Crippen molar-refractivity contribution < 1.29 is 0 Å². The molecular formula is C20H24N6S. The number of nitrogens with zero attached hydrogens (tertiary/aromatic N) is 2. The second-order valence-corrected chi connectivity index (χ2v) is 7.24. The van der Waals surface area contributed by atoms with Gasteiger partial charge in [-0.05, 0) is 37.4 Å². The van der Waals surface area contributed by atoms with E-state index < -0.39 is 0 Å². The zero-order chi connectivity index (χ0) is 19.2. The minimum absolute atomic E-state index is 0.259. The maximum absolute atomic E-state index is 7.62. The average molecular weight is 381 g/mol. The van der Waals surface area contributed by atoms with Gasteiger partial charge in [-0.1, -0.05) is 30.3 Å². The van der Waals surface area contributed by atoms with Crippen LogP contribution in [0.3, 0.4) is 0 Å². The summed E-state index contributed by atoms with van der Waals surface area (Å²) in [5.74, 6) is 1.25. The summed E-state index contributed by atoms with van der Waals surface area (Å²) in [6.07, 6.45) is 2.13. The Kier molecular flexibility index (Phi) is 6.16. The highest BCUT2D eigenvalue weighted by Crippen LogP contribution is 2.27. The first-order valence-corrected chi connectivity index (χ1v) is 9.67. The largest absolute Gasteiger partial charge is 0.402 e. The molecule has 1 unspecified atom stereocenters. The van der Waals surface area contributed by atoms with E-state index in [1.54, 1.807) is 18.3 Å². The van der Waals surface area contributed by atoms with Crippen molar-refractivity contribution in [3.63, 3.8) is 0 Å². The zero-order valence-corrected chi connectivity index (χ0v) is 16.3. The Labute approximate surface area is 163 Å². The Bertz CT molecular complexity index is 944. The van der Waals surface area contributed by atoms with Crippen LogP contribution in [0.1, 0.15) is 18.3 Å². The molecule has 1 atom stereocenters. The van der Waals surface area contributed by atoms with E-state index in [4.69, 9.17) is 11.1 Å². The smallest absolute Gasteiger partial charge is 0.165 e. The first-order valence-electron chi connectivity index (χ1n) is 8.80. The van der Waals surface area contributed by atoms with Gasteiger partial charge >= 0.3 is 0 Å². The average Bonchev–Trinajstić information content (AvgIpc) is 3.15. The molecule has 27 heavy (non-hydrogen) atoms. The highest BCUT2D eigenvalue weighted by molar-refractivity contribution is 7.17. The third kappa shape index (κ3) is 4.50. The lowest BCUT2D eigenvalue weighted by Crippen LogP contribution is -2.34. The molecule has 0 bridgehead atoms. The number of rotatable bonds is 8. The van der Waals surface area contributed by atoms with Crippen LogP contribution in [0.2, 0.25) is 0 Å². The number of nitrogens with one attached hydrogen (secondary N) is 3. The van der Waals surface area contributed by atoms with E-state index in [0.29, 0.717) is 17.1 Å². The summed E-state index contributed by atoms with van der Waals surface area (Å²) >= 11 is 1.60. The SMILES string of the molecule is CNC(CNc1nc(/C(C=N)=C(\C)N)nc2ccsc12)Cc1ccccc1. The third-order valence-corrected chi connectivity index (χ3v) is 5.27. The van der Waals surface area contributed by atoms with Crippen LogP contribution in [0.4, 0.5) is 5.82 Å². The van der Waals surface area contributed by atoms with E-state index in [0.717, 1.165) is 29.0 Å². The summed E-state index contributed by atoms with van der Waals surface area (Å²) in [5.41, 5.74) is 9.12. The molecular weight excluding hydrogens is 356 g/mol. The van der Waals surface area contributed by atoms with Gasteiger partial charge in [0.1, 0.15) is 5.82 Å². The fraction of sp³-hybridized carbons (Fsp3) is 0.250. The molecule has 0 aliphatic carbocycles. The number of thiophene rings is 1. The van der Waals surface area contributed by atoms with Crippen LogP contribution >= 0.6 is 11.3 Å². The summed E-state index contributed by atoms with van der Waals surface area (Å²) in [4.78, 5) is 9.21. The first-order chi connectivity index (χ1) is 13.1. The minimum atomic E-state index is 0.259. The van der Waals surface area contributed by atoms with Crippen LogP contribution in [0, 0.1) is 5.41 Å². The lowest BCUT2D eigenvalue weighted by molar-refractivity contribution is 0.583. The summed E-state index contributed by atoms with van der Waals surface area (Å²) in [6, 6.07) is 12.6. The molecule has 3 rings (SSSR count). The van der Waals surface area contributed by atoms with E-state index >= 15 is 0 Å². The molecule has 2 heterocycles. The molecule has 0 saturated carbocycles. The van der Waals surface area contributed by atoms with E-state index in [-0.39, 0.29) is 6.04 Å². The van der Waals surface area contributed by atoms with Gasteiger partial charge in [0, 0.05) is 24.5 Å². The topological polar surface area (TPSA) is 99.7 Å². The predicted molar refractivity (Wildman–Crippen MR) is 114 cm³/mol. The normalized spacial score (nSPS) is 13.3. The van der Waals surface area contributed by atoms with Crippen molar-refractivity contribution in [3.05, 3.63) is 58.9 Å². The van der Waals surface area contributed by atoms with E-state index in [1.165, 1.54) is 11.8 Å². The molecule has 0 spiro atoms. The number of fused-ring (bicyclic) bond motifs is 1. The van der Waals surface area contributed by atoms with Gasteiger partial charge in [-0.25, -0.2) is 9.97 Å². The highest BCUT2D eigenvalue weighted by atomic mass is 32.1. The second kappa shape index (κ2) is 8.75. The van der Waals surface area contributed by atoms with Gasteiger partial charge in [0.15, 0.2) is 5.82 Å². The van der Waals surface area contributed by atoms with Crippen LogP contribution in [0.15, 0.2) is 47.5 Å². The van der Waals surface area contributed by atoms with Crippen molar-refractivity contribution in [2.24, 2.45) is 5.73 Å². The fourth-order valence-electron chi connectivity index (χ4n) is 2.85. The highest BCUT2D eigenvalue weighted by Gasteiger charge is 2.14. The molecule has 3 aromatic rings. The molecule has 2 aromatic heterocycles. The van der Waals surface area contributed by atoms with Gasteiger partial charge in [0.2, 0.25) is 0 Å². The molecule has 0 aliphatic heterocycles. The quantitative estimate of drug-likeness (QED) is 0.450. The lowest BCUT2D eigenvalue weighted by Gasteiger charge is -2.18. The van der Waals surface area contributed by atoms with Crippen molar-refractivity contribution >= 4 is 39.2 Å². The van der Waals surface area contributed by atoms with Crippen molar-refractivity contribution in [3.8, 4) is 0 Å². The number of benzene rings is 1. The fourth-order valence-corrected chi connectivity index (χ4v) is 3.65. The van der Waals surface area contributed by atoms with E-state index in [9.17, 15) is 0 Å². The Morgan fingerprint density at radius 2 is 2.04 bits per heavy atom. The van der Waals surface area contributed by atoms with Crippen LogP contribution < -0.4 is 16.4 Å². The van der Waals surface area contributed by atoms with Crippen molar-refractivity contribution in [2.45, 2.75) is 19.4 Å². The minimum Gasteiger partial charge on any atom is -0.402 e. The number of nitrogens with two attached hydrogens (primary N) is 1. The summed E-state index contributed by atoms with van der Waals surface area (Å²) in [5, 5.41) is 16.4. The zero-order valence-electron chi connectivity index (χ0n) is 15.5. The molecule has 5 N–H and O–H groups in total. The maximum Gasteiger partial charge on any atom is 0.165 e. The Hall–Kier alpha value is -2.77. The molecule has 0 amide bonds. The summed E-state index contributed by atoms with van der Waals surface area (Å²) in [6.45, 7) is 2.48.